The Morgan fingerprint density at radius 2 is 1.85 bits per heavy atom. The number of nitrogens with zero attached hydrogens (tertiary/aromatic N) is 4. The minimum absolute atomic E-state index is 0.00923. The second kappa shape index (κ2) is 10.2. The lowest BCUT2D eigenvalue weighted by Crippen LogP contribution is -2.16. The molecule has 0 spiro atoms. The van der Waals surface area contributed by atoms with Crippen molar-refractivity contribution in [3.63, 3.8) is 0 Å². The van der Waals surface area contributed by atoms with Gasteiger partial charge in [-0.3, -0.25) is 4.57 Å². The highest BCUT2D eigenvalue weighted by Crippen LogP contribution is 2.34. The predicted molar refractivity (Wildman–Crippen MR) is 138 cm³/mol. The summed E-state index contributed by atoms with van der Waals surface area (Å²) in [6.07, 6.45) is 0.394. The topological polar surface area (TPSA) is 77.3 Å². The molecule has 0 saturated carbocycles. The van der Waals surface area contributed by atoms with Crippen molar-refractivity contribution in [2.75, 3.05) is 31.9 Å². The molecule has 2 aromatic carbocycles. The molecule has 4 rings (SSSR count). The van der Waals surface area contributed by atoms with E-state index in [0.717, 1.165) is 16.1 Å². The summed E-state index contributed by atoms with van der Waals surface area (Å²) in [6, 6.07) is 16.8. The van der Waals surface area contributed by atoms with E-state index in [-0.39, 0.29) is 11.5 Å². The monoisotopic (exact) mass is 516 g/mol. The minimum Gasteiger partial charge on any atom is -0.495 e. The lowest BCUT2D eigenvalue weighted by molar-refractivity contribution is 0.412. The number of sulfone groups is 1. The summed E-state index contributed by atoms with van der Waals surface area (Å²) in [5, 5.41) is 11.2. The number of methoxy groups -OCH3 is 1. The van der Waals surface area contributed by atoms with Gasteiger partial charge in [-0.25, -0.2) is 8.42 Å². The lowest BCUT2D eigenvalue weighted by atomic mass is 10.2. The molecule has 0 aliphatic rings. The van der Waals surface area contributed by atoms with Crippen molar-refractivity contribution in [3.05, 3.63) is 76.4 Å². The predicted octanol–water partition coefficient (Wildman–Crippen LogP) is 4.88. The maximum absolute atomic E-state index is 13.1. The van der Waals surface area contributed by atoms with Crippen molar-refractivity contribution in [2.45, 2.75) is 12.2 Å². The van der Waals surface area contributed by atoms with E-state index in [2.05, 4.69) is 10.2 Å². The van der Waals surface area contributed by atoms with Crippen LogP contribution in [0.25, 0.3) is 16.4 Å². The molecule has 7 nitrogen and oxygen atoms in total. The molecular weight excluding hydrogens is 492 g/mol. The summed E-state index contributed by atoms with van der Waals surface area (Å²) in [4.78, 5) is 2.86. The van der Waals surface area contributed by atoms with Gasteiger partial charge >= 0.3 is 0 Å². The molecule has 0 radical (unpaired) electrons. The number of ether oxygens (including phenoxy) is 1. The molecule has 2 heterocycles. The van der Waals surface area contributed by atoms with Crippen LogP contribution >= 0.6 is 22.9 Å². The first-order valence-corrected chi connectivity index (χ1v) is 13.6. The Bertz CT molecular complexity index is 1370. The summed E-state index contributed by atoms with van der Waals surface area (Å²) in [6.45, 7) is 0. The zero-order valence-corrected chi connectivity index (χ0v) is 21.5. The number of aryl methyl sites for hydroxylation is 1. The molecule has 0 aliphatic carbocycles. The normalized spacial score (nSPS) is 11.5. The molecular formula is C24H25ClN4O3S2. The summed E-state index contributed by atoms with van der Waals surface area (Å²) in [7, 11) is 2.00. The maximum Gasteiger partial charge on any atom is 0.178 e. The Hall–Kier alpha value is -2.88. The standard InChI is InChI=1S/C24H25ClN4O3S2/c1-28(2)19-10-11-21(32-3)20(15-19)29-23(26-27-24(29)22-5-4-13-33-22)16-34(30,31)14-12-17-6-8-18(25)9-7-17/h4-11,13,15H,12,14,16H2,1-3H3. The molecule has 0 aliphatic heterocycles. The first kappa shape index (κ1) is 24.3. The van der Waals surface area contributed by atoms with Crippen molar-refractivity contribution in [3.8, 4) is 22.1 Å². The van der Waals surface area contributed by atoms with E-state index < -0.39 is 9.84 Å². The van der Waals surface area contributed by atoms with Gasteiger partial charge in [-0.05, 0) is 53.8 Å². The van der Waals surface area contributed by atoms with E-state index in [1.165, 1.54) is 11.3 Å². The van der Waals surface area contributed by atoms with Gasteiger partial charge in [0.15, 0.2) is 21.5 Å². The number of halogens is 1. The number of benzene rings is 2. The largest absolute Gasteiger partial charge is 0.495 e. The maximum atomic E-state index is 13.1. The summed E-state index contributed by atoms with van der Waals surface area (Å²) in [5.41, 5.74) is 2.54. The number of hydrogen-bond donors (Lipinski definition) is 0. The summed E-state index contributed by atoms with van der Waals surface area (Å²) >= 11 is 7.45. The van der Waals surface area contributed by atoms with Crippen LogP contribution in [0, 0.1) is 0 Å². The Morgan fingerprint density at radius 3 is 2.50 bits per heavy atom. The molecule has 0 unspecified atom stereocenters. The van der Waals surface area contributed by atoms with Crippen LogP contribution in [-0.4, -0.2) is 50.1 Å². The number of anilines is 1. The number of rotatable bonds is 9. The van der Waals surface area contributed by atoms with Gasteiger partial charge in [0, 0.05) is 24.8 Å². The van der Waals surface area contributed by atoms with Gasteiger partial charge < -0.3 is 9.64 Å². The van der Waals surface area contributed by atoms with Crippen LogP contribution < -0.4 is 9.64 Å². The van der Waals surface area contributed by atoms with Crippen molar-refractivity contribution in [1.29, 1.82) is 0 Å². The van der Waals surface area contributed by atoms with Crippen LogP contribution in [-0.2, 0) is 22.0 Å². The van der Waals surface area contributed by atoms with Crippen molar-refractivity contribution in [2.24, 2.45) is 0 Å². The van der Waals surface area contributed by atoms with Crippen molar-refractivity contribution >= 4 is 38.5 Å². The quantitative estimate of drug-likeness (QED) is 0.315. The minimum atomic E-state index is -3.48. The van der Waals surface area contributed by atoms with Gasteiger partial charge in [0.1, 0.15) is 11.5 Å². The molecule has 178 valence electrons. The highest BCUT2D eigenvalue weighted by molar-refractivity contribution is 7.90. The Morgan fingerprint density at radius 1 is 1.09 bits per heavy atom. The van der Waals surface area contributed by atoms with Gasteiger partial charge in [0.25, 0.3) is 0 Å². The third-order valence-corrected chi connectivity index (χ3v) is 8.00. The fraction of sp³-hybridized carbons (Fsp3) is 0.250. The van der Waals surface area contributed by atoms with Crippen LogP contribution in [0.1, 0.15) is 11.4 Å². The molecule has 2 aromatic heterocycles. The van der Waals surface area contributed by atoms with Crippen LogP contribution in [0.15, 0.2) is 60.0 Å². The molecule has 0 amide bonds. The third kappa shape index (κ3) is 5.43. The Labute approximate surface area is 208 Å². The van der Waals surface area contributed by atoms with E-state index >= 15 is 0 Å². The van der Waals surface area contributed by atoms with E-state index in [0.29, 0.717) is 34.5 Å². The van der Waals surface area contributed by atoms with Gasteiger partial charge in [0.2, 0.25) is 0 Å². The number of hydrogen-bond acceptors (Lipinski definition) is 7. The number of thiophene rings is 1. The number of aromatic nitrogens is 3. The highest BCUT2D eigenvalue weighted by atomic mass is 35.5. The molecule has 0 atom stereocenters. The van der Waals surface area contributed by atoms with Gasteiger partial charge in [0.05, 0.1) is 23.4 Å². The second-order valence-electron chi connectivity index (χ2n) is 7.97. The first-order valence-electron chi connectivity index (χ1n) is 10.6. The van der Waals surface area contributed by atoms with Gasteiger partial charge in [-0.1, -0.05) is 29.8 Å². The molecule has 34 heavy (non-hydrogen) atoms. The fourth-order valence-corrected chi connectivity index (χ4v) is 5.65. The molecule has 0 saturated heterocycles. The molecule has 0 fully saturated rings. The average Bonchev–Trinajstić information content (AvgIpc) is 3.48. The zero-order chi connectivity index (χ0) is 24.3. The van der Waals surface area contributed by atoms with Crippen LogP contribution in [0.2, 0.25) is 5.02 Å². The smallest absolute Gasteiger partial charge is 0.178 e. The SMILES string of the molecule is COc1ccc(N(C)C)cc1-n1c(CS(=O)(=O)CCc2ccc(Cl)cc2)nnc1-c1cccs1. The van der Waals surface area contributed by atoms with E-state index in [4.69, 9.17) is 16.3 Å². The summed E-state index contributed by atoms with van der Waals surface area (Å²) in [5.74, 6) is 1.27. The van der Waals surface area contributed by atoms with Gasteiger partial charge in [-0.15, -0.1) is 21.5 Å². The van der Waals surface area contributed by atoms with Gasteiger partial charge in [-0.2, -0.15) is 0 Å². The lowest BCUT2D eigenvalue weighted by Gasteiger charge is -2.18. The molecule has 10 heteroatoms. The molecule has 0 bridgehead atoms. The van der Waals surface area contributed by atoms with Crippen LogP contribution in [0.4, 0.5) is 5.69 Å². The van der Waals surface area contributed by atoms with E-state index in [1.807, 2.05) is 66.8 Å². The fourth-order valence-electron chi connectivity index (χ4n) is 3.55. The Kier molecular flexibility index (Phi) is 7.25. The van der Waals surface area contributed by atoms with Crippen molar-refractivity contribution < 1.29 is 13.2 Å². The first-order chi connectivity index (χ1) is 16.3. The van der Waals surface area contributed by atoms with E-state index in [1.54, 1.807) is 23.8 Å². The third-order valence-electron chi connectivity index (χ3n) is 5.36. The van der Waals surface area contributed by atoms with Crippen LogP contribution in [0.5, 0.6) is 5.75 Å². The van der Waals surface area contributed by atoms with E-state index in [9.17, 15) is 8.42 Å². The highest BCUT2D eigenvalue weighted by Gasteiger charge is 2.24. The Balaban J connectivity index is 1.73. The molecule has 4 aromatic rings. The zero-order valence-electron chi connectivity index (χ0n) is 19.1. The summed E-state index contributed by atoms with van der Waals surface area (Å²) < 4.78 is 33.6. The average molecular weight is 517 g/mol. The van der Waals surface area contributed by atoms with Crippen LogP contribution in [0.3, 0.4) is 0 Å². The second-order valence-corrected chi connectivity index (χ2v) is 11.5. The molecule has 0 N–H and O–H groups in total. The van der Waals surface area contributed by atoms with Crippen molar-refractivity contribution in [1.82, 2.24) is 14.8 Å².